The minimum atomic E-state index is -0.517. The van der Waals surface area contributed by atoms with Gasteiger partial charge in [-0.25, -0.2) is 4.79 Å². The summed E-state index contributed by atoms with van der Waals surface area (Å²) in [7, 11) is 0. The molecule has 2 atom stereocenters. The lowest BCUT2D eigenvalue weighted by molar-refractivity contribution is -0.00272. The van der Waals surface area contributed by atoms with E-state index in [0.29, 0.717) is 6.54 Å². The van der Waals surface area contributed by atoms with Crippen molar-refractivity contribution in [3.8, 4) is 0 Å². The third-order valence-corrected chi connectivity index (χ3v) is 3.82. The van der Waals surface area contributed by atoms with Gasteiger partial charge in [0.2, 0.25) is 0 Å². The molecule has 2 rings (SSSR count). The summed E-state index contributed by atoms with van der Waals surface area (Å²) >= 11 is 0. The standard InChI is InChI=1S/C17H25NO3/c1-17(2,3)21-16(20)18-11-7-10-14(15(18)12-19)13-8-5-4-6-9-13/h4-6,8-9,14-15,19H,7,10-12H2,1-3H3/t14-,15+/m0/s1. The number of benzene rings is 1. The quantitative estimate of drug-likeness (QED) is 0.910. The molecule has 0 unspecified atom stereocenters. The molecular formula is C17H25NO3. The summed E-state index contributed by atoms with van der Waals surface area (Å²) in [6.45, 7) is 6.18. The highest BCUT2D eigenvalue weighted by molar-refractivity contribution is 5.69. The smallest absolute Gasteiger partial charge is 0.410 e. The number of nitrogens with zero attached hydrogens (tertiary/aromatic N) is 1. The third kappa shape index (κ3) is 3.97. The molecule has 1 aromatic carbocycles. The van der Waals surface area contributed by atoms with E-state index in [1.165, 1.54) is 5.56 Å². The molecule has 0 spiro atoms. The second-order valence-electron chi connectivity index (χ2n) is 6.58. The lowest BCUT2D eigenvalue weighted by atomic mass is 9.84. The largest absolute Gasteiger partial charge is 0.444 e. The third-order valence-electron chi connectivity index (χ3n) is 3.82. The Balaban J connectivity index is 2.17. The van der Waals surface area contributed by atoms with Crippen LogP contribution in [-0.4, -0.2) is 40.9 Å². The number of rotatable bonds is 2. The highest BCUT2D eigenvalue weighted by Gasteiger charge is 2.36. The van der Waals surface area contributed by atoms with Gasteiger partial charge in [0.05, 0.1) is 12.6 Å². The van der Waals surface area contributed by atoms with Gasteiger partial charge in [-0.3, -0.25) is 0 Å². The minimum absolute atomic E-state index is 0.0429. The molecule has 0 saturated carbocycles. The summed E-state index contributed by atoms with van der Waals surface area (Å²) in [6.07, 6.45) is 1.58. The molecule has 1 aromatic rings. The van der Waals surface area contributed by atoms with Crippen LogP contribution >= 0.6 is 0 Å². The van der Waals surface area contributed by atoms with Gasteiger partial charge in [-0.05, 0) is 39.2 Å². The summed E-state index contributed by atoms with van der Waals surface area (Å²) in [6, 6.07) is 9.88. The normalized spacial score (nSPS) is 23.0. The van der Waals surface area contributed by atoms with E-state index in [2.05, 4.69) is 12.1 Å². The fourth-order valence-corrected chi connectivity index (χ4v) is 2.92. The fourth-order valence-electron chi connectivity index (χ4n) is 2.92. The predicted octanol–water partition coefficient (Wildman–Crippen LogP) is 3.16. The number of hydrogen-bond acceptors (Lipinski definition) is 3. The number of likely N-dealkylation sites (tertiary alicyclic amines) is 1. The average molecular weight is 291 g/mol. The van der Waals surface area contributed by atoms with Gasteiger partial charge in [0.15, 0.2) is 0 Å². The van der Waals surface area contributed by atoms with Gasteiger partial charge in [0.25, 0.3) is 0 Å². The van der Waals surface area contributed by atoms with Crippen LogP contribution in [0.2, 0.25) is 0 Å². The van der Waals surface area contributed by atoms with Crippen molar-refractivity contribution in [1.29, 1.82) is 0 Å². The van der Waals surface area contributed by atoms with Crippen LogP contribution in [0.1, 0.15) is 45.1 Å². The number of piperidine rings is 1. The molecule has 21 heavy (non-hydrogen) atoms. The van der Waals surface area contributed by atoms with Gasteiger partial charge in [-0.2, -0.15) is 0 Å². The van der Waals surface area contributed by atoms with E-state index in [-0.39, 0.29) is 24.7 Å². The van der Waals surface area contributed by atoms with E-state index in [9.17, 15) is 9.90 Å². The lowest BCUT2D eigenvalue weighted by Gasteiger charge is -2.41. The lowest BCUT2D eigenvalue weighted by Crippen LogP contribution is -2.51. The van der Waals surface area contributed by atoms with Crippen molar-refractivity contribution in [2.24, 2.45) is 0 Å². The van der Waals surface area contributed by atoms with Crippen LogP contribution in [0, 0.1) is 0 Å². The van der Waals surface area contributed by atoms with Crippen LogP contribution in [0.25, 0.3) is 0 Å². The van der Waals surface area contributed by atoms with Gasteiger partial charge >= 0.3 is 6.09 Å². The van der Waals surface area contributed by atoms with Crippen molar-refractivity contribution in [3.63, 3.8) is 0 Å². The molecule has 1 amide bonds. The van der Waals surface area contributed by atoms with Gasteiger partial charge < -0.3 is 14.7 Å². The second kappa shape index (κ2) is 6.48. The predicted molar refractivity (Wildman–Crippen MR) is 82.2 cm³/mol. The van der Waals surface area contributed by atoms with Crippen LogP contribution in [0.5, 0.6) is 0 Å². The first-order valence-corrected chi connectivity index (χ1v) is 7.58. The molecule has 0 radical (unpaired) electrons. The van der Waals surface area contributed by atoms with E-state index in [4.69, 9.17) is 4.74 Å². The molecule has 0 bridgehead atoms. The van der Waals surface area contributed by atoms with E-state index in [1.807, 2.05) is 39.0 Å². The molecule has 0 aromatic heterocycles. The Labute approximate surface area is 126 Å². The minimum Gasteiger partial charge on any atom is -0.444 e. The SMILES string of the molecule is CC(C)(C)OC(=O)N1CCC[C@@H](c2ccccc2)[C@H]1CO. The Morgan fingerprint density at radius 2 is 2.00 bits per heavy atom. The first kappa shape index (κ1) is 15.8. The van der Waals surface area contributed by atoms with E-state index in [0.717, 1.165) is 12.8 Å². The number of carbonyl (C=O) groups is 1. The maximum atomic E-state index is 12.4. The Morgan fingerprint density at radius 1 is 1.33 bits per heavy atom. The molecule has 4 heteroatoms. The molecule has 1 aliphatic heterocycles. The Morgan fingerprint density at radius 3 is 2.57 bits per heavy atom. The van der Waals surface area contributed by atoms with Crippen molar-refractivity contribution in [2.75, 3.05) is 13.2 Å². The summed E-state index contributed by atoms with van der Waals surface area (Å²) < 4.78 is 5.47. The van der Waals surface area contributed by atoms with Crippen molar-refractivity contribution < 1.29 is 14.6 Å². The second-order valence-corrected chi connectivity index (χ2v) is 6.58. The van der Waals surface area contributed by atoms with Crippen LogP contribution in [-0.2, 0) is 4.74 Å². The van der Waals surface area contributed by atoms with Gasteiger partial charge in [0.1, 0.15) is 5.60 Å². The fraction of sp³-hybridized carbons (Fsp3) is 0.588. The maximum absolute atomic E-state index is 12.4. The number of ether oxygens (including phenoxy) is 1. The monoisotopic (exact) mass is 291 g/mol. The van der Waals surface area contributed by atoms with Crippen LogP contribution in [0.4, 0.5) is 4.79 Å². The van der Waals surface area contributed by atoms with Gasteiger partial charge in [0, 0.05) is 12.5 Å². The first-order chi connectivity index (χ1) is 9.92. The zero-order valence-corrected chi connectivity index (χ0v) is 13.1. The number of amides is 1. The summed E-state index contributed by atoms with van der Waals surface area (Å²) in [5.41, 5.74) is 0.654. The van der Waals surface area contributed by atoms with E-state index in [1.54, 1.807) is 4.90 Å². The molecule has 1 N–H and O–H groups in total. The number of aliphatic hydroxyl groups is 1. The zero-order valence-electron chi connectivity index (χ0n) is 13.1. The van der Waals surface area contributed by atoms with Crippen molar-refractivity contribution in [1.82, 2.24) is 4.90 Å². The molecular weight excluding hydrogens is 266 g/mol. The average Bonchev–Trinajstić information content (AvgIpc) is 2.45. The number of aliphatic hydroxyl groups excluding tert-OH is 1. The first-order valence-electron chi connectivity index (χ1n) is 7.58. The maximum Gasteiger partial charge on any atom is 0.410 e. The van der Waals surface area contributed by atoms with Crippen LogP contribution in [0.3, 0.4) is 0 Å². The van der Waals surface area contributed by atoms with Crippen molar-refractivity contribution in [3.05, 3.63) is 35.9 Å². The van der Waals surface area contributed by atoms with Gasteiger partial charge in [-0.15, -0.1) is 0 Å². The molecule has 1 aliphatic rings. The Bertz CT molecular complexity index is 467. The molecule has 4 nitrogen and oxygen atoms in total. The van der Waals surface area contributed by atoms with Crippen LogP contribution < -0.4 is 0 Å². The molecule has 116 valence electrons. The molecule has 1 heterocycles. The highest BCUT2D eigenvalue weighted by Crippen LogP contribution is 2.33. The van der Waals surface area contributed by atoms with Gasteiger partial charge in [-0.1, -0.05) is 30.3 Å². The van der Waals surface area contributed by atoms with Crippen molar-refractivity contribution >= 4 is 6.09 Å². The number of hydrogen-bond donors (Lipinski definition) is 1. The Kier molecular flexibility index (Phi) is 4.88. The number of carbonyl (C=O) groups excluding carboxylic acids is 1. The van der Waals surface area contributed by atoms with Crippen LogP contribution in [0.15, 0.2) is 30.3 Å². The summed E-state index contributed by atoms with van der Waals surface area (Å²) in [5, 5.41) is 9.79. The molecule has 1 saturated heterocycles. The van der Waals surface area contributed by atoms with E-state index >= 15 is 0 Å². The summed E-state index contributed by atoms with van der Waals surface area (Å²) in [4.78, 5) is 14.0. The zero-order chi connectivity index (χ0) is 15.5. The molecule has 0 aliphatic carbocycles. The summed E-state index contributed by atoms with van der Waals surface area (Å²) in [5.74, 6) is 0.164. The van der Waals surface area contributed by atoms with E-state index < -0.39 is 5.60 Å². The van der Waals surface area contributed by atoms with Crippen molar-refractivity contribution in [2.45, 2.75) is 51.2 Å². The molecule has 1 fully saturated rings. The Hall–Kier alpha value is -1.55. The topological polar surface area (TPSA) is 49.8 Å². The highest BCUT2D eigenvalue weighted by atomic mass is 16.6.